The first-order valence-electron chi connectivity index (χ1n) is 8.66. The lowest BCUT2D eigenvalue weighted by Gasteiger charge is -2.07. The van der Waals surface area contributed by atoms with Gasteiger partial charge in [-0.3, -0.25) is 4.79 Å². The number of ether oxygens (including phenoxy) is 1. The molecular formula is C21H16FN3O3S. The predicted octanol–water partition coefficient (Wildman–Crippen LogP) is 4.47. The largest absolute Gasteiger partial charge is 0.504 e. The Bertz CT molecular complexity index is 1150. The van der Waals surface area contributed by atoms with Crippen molar-refractivity contribution in [1.82, 2.24) is 4.98 Å². The van der Waals surface area contributed by atoms with Crippen molar-refractivity contribution in [2.24, 2.45) is 5.10 Å². The van der Waals surface area contributed by atoms with Crippen LogP contribution in [-0.4, -0.2) is 28.8 Å². The van der Waals surface area contributed by atoms with Crippen molar-refractivity contribution < 1.29 is 19.0 Å². The molecule has 0 saturated carbocycles. The number of phenols is 1. The van der Waals surface area contributed by atoms with Crippen LogP contribution < -0.4 is 9.75 Å². The van der Waals surface area contributed by atoms with E-state index in [0.29, 0.717) is 33.4 Å². The Morgan fingerprint density at radius 3 is 2.69 bits per heavy atom. The van der Waals surface area contributed by atoms with Gasteiger partial charge in [0, 0.05) is 10.9 Å². The topological polar surface area (TPSA) is 75.0 Å². The molecule has 0 saturated heterocycles. The minimum absolute atomic E-state index is 0.0236. The highest BCUT2D eigenvalue weighted by atomic mass is 32.1. The number of carbonyl (C=O) groups is 1. The fourth-order valence-corrected chi connectivity index (χ4v) is 3.66. The van der Waals surface area contributed by atoms with Gasteiger partial charge in [-0.1, -0.05) is 6.07 Å². The smallest absolute Gasteiger partial charge is 0.282 e. The fraction of sp³-hybridized carbons (Fsp3) is 0.0952. The molecule has 4 rings (SSSR count). The Balaban J connectivity index is 1.62. The van der Waals surface area contributed by atoms with E-state index in [1.807, 2.05) is 0 Å². The van der Waals surface area contributed by atoms with Gasteiger partial charge in [-0.05, 0) is 55.0 Å². The van der Waals surface area contributed by atoms with E-state index in [4.69, 9.17) is 4.74 Å². The number of aromatic nitrogens is 1. The molecule has 2 aromatic carbocycles. The number of rotatable bonds is 4. The summed E-state index contributed by atoms with van der Waals surface area (Å²) in [4.78, 5) is 17.4. The van der Waals surface area contributed by atoms with Crippen LogP contribution in [0.2, 0.25) is 0 Å². The molecule has 0 fully saturated rings. The van der Waals surface area contributed by atoms with Gasteiger partial charge in [-0.2, -0.15) is 10.1 Å². The standard InChI is InChI=1S/C21H16FN3O3S/c1-12-16(9-13-3-8-18(26)19(10-13)28-2)20(27)25(24-12)21-23-17(11-29-21)14-4-6-15(22)7-5-14/h3-11,26H,1-2H3. The van der Waals surface area contributed by atoms with E-state index < -0.39 is 0 Å². The van der Waals surface area contributed by atoms with Crippen LogP contribution in [0.15, 0.2) is 58.5 Å². The first kappa shape index (κ1) is 18.8. The predicted molar refractivity (Wildman–Crippen MR) is 111 cm³/mol. The van der Waals surface area contributed by atoms with Crippen LogP contribution in [0.5, 0.6) is 11.5 Å². The zero-order valence-electron chi connectivity index (χ0n) is 15.6. The van der Waals surface area contributed by atoms with Crippen molar-refractivity contribution in [2.45, 2.75) is 6.92 Å². The zero-order valence-corrected chi connectivity index (χ0v) is 16.4. The molecule has 0 atom stereocenters. The number of anilines is 1. The number of carbonyl (C=O) groups excluding carboxylic acids is 1. The zero-order chi connectivity index (χ0) is 20.5. The third-order valence-electron chi connectivity index (χ3n) is 4.39. The maximum Gasteiger partial charge on any atom is 0.282 e. The first-order valence-corrected chi connectivity index (χ1v) is 9.54. The summed E-state index contributed by atoms with van der Waals surface area (Å²) in [6.45, 7) is 1.75. The van der Waals surface area contributed by atoms with E-state index >= 15 is 0 Å². The van der Waals surface area contributed by atoms with Gasteiger partial charge in [0.1, 0.15) is 5.82 Å². The van der Waals surface area contributed by atoms with E-state index in [9.17, 15) is 14.3 Å². The van der Waals surface area contributed by atoms with Crippen molar-refractivity contribution in [1.29, 1.82) is 0 Å². The average molecular weight is 409 g/mol. The lowest BCUT2D eigenvalue weighted by Crippen LogP contribution is -2.21. The molecule has 0 bridgehead atoms. The second kappa shape index (κ2) is 7.48. The van der Waals surface area contributed by atoms with Gasteiger partial charge in [-0.15, -0.1) is 11.3 Å². The minimum Gasteiger partial charge on any atom is -0.504 e. The number of halogens is 1. The lowest BCUT2D eigenvalue weighted by atomic mass is 10.1. The van der Waals surface area contributed by atoms with Gasteiger partial charge < -0.3 is 9.84 Å². The minimum atomic E-state index is -0.320. The lowest BCUT2D eigenvalue weighted by molar-refractivity contribution is -0.114. The van der Waals surface area contributed by atoms with Crippen LogP contribution in [0.25, 0.3) is 17.3 Å². The Kier molecular flexibility index (Phi) is 4.85. The number of nitrogens with zero attached hydrogens (tertiary/aromatic N) is 3. The molecule has 1 amide bonds. The maximum absolute atomic E-state index is 13.1. The van der Waals surface area contributed by atoms with E-state index in [-0.39, 0.29) is 17.5 Å². The summed E-state index contributed by atoms with van der Waals surface area (Å²) in [7, 11) is 1.46. The summed E-state index contributed by atoms with van der Waals surface area (Å²) in [5.41, 5.74) is 3.09. The molecule has 0 unspecified atom stereocenters. The van der Waals surface area contributed by atoms with E-state index in [1.165, 1.54) is 41.7 Å². The molecule has 1 aromatic heterocycles. The second-order valence-corrected chi connectivity index (χ2v) is 7.15. The number of phenolic OH excluding ortho intramolecular Hbond substituents is 1. The highest BCUT2D eigenvalue weighted by molar-refractivity contribution is 7.14. The van der Waals surface area contributed by atoms with Crippen molar-refractivity contribution in [3.8, 4) is 22.8 Å². The number of thiazole rings is 1. The molecule has 3 aromatic rings. The molecule has 2 heterocycles. The Labute approximate surface area is 170 Å². The Morgan fingerprint density at radius 1 is 1.21 bits per heavy atom. The molecule has 146 valence electrons. The summed E-state index contributed by atoms with van der Waals surface area (Å²) >= 11 is 1.28. The molecular weight excluding hydrogens is 393 g/mol. The van der Waals surface area contributed by atoms with Crippen LogP contribution in [0.1, 0.15) is 12.5 Å². The number of benzene rings is 2. The molecule has 1 N–H and O–H groups in total. The van der Waals surface area contributed by atoms with Gasteiger partial charge in [-0.25, -0.2) is 9.37 Å². The van der Waals surface area contributed by atoms with E-state index in [2.05, 4.69) is 10.1 Å². The van der Waals surface area contributed by atoms with E-state index in [0.717, 1.165) is 5.56 Å². The van der Waals surface area contributed by atoms with Gasteiger partial charge in [0.05, 0.1) is 24.1 Å². The SMILES string of the molecule is COc1cc(C=C2C(=O)N(c3nc(-c4ccc(F)cc4)cs3)N=C2C)ccc1O. The molecule has 0 spiro atoms. The molecule has 8 heteroatoms. The summed E-state index contributed by atoms with van der Waals surface area (Å²) < 4.78 is 18.2. The maximum atomic E-state index is 13.1. The molecule has 1 aliphatic rings. The van der Waals surface area contributed by atoms with Gasteiger partial charge in [0.2, 0.25) is 5.13 Å². The third kappa shape index (κ3) is 3.62. The van der Waals surface area contributed by atoms with E-state index in [1.54, 1.807) is 42.6 Å². The molecule has 6 nitrogen and oxygen atoms in total. The molecule has 0 radical (unpaired) electrons. The second-order valence-electron chi connectivity index (χ2n) is 6.31. The van der Waals surface area contributed by atoms with Crippen LogP contribution in [-0.2, 0) is 4.79 Å². The van der Waals surface area contributed by atoms with Crippen LogP contribution in [0.3, 0.4) is 0 Å². The van der Waals surface area contributed by atoms with Crippen molar-refractivity contribution in [3.05, 3.63) is 64.8 Å². The van der Waals surface area contributed by atoms with Crippen LogP contribution >= 0.6 is 11.3 Å². The number of aromatic hydroxyl groups is 1. The van der Waals surface area contributed by atoms with Crippen molar-refractivity contribution in [2.75, 3.05) is 12.1 Å². The molecule has 0 aliphatic carbocycles. The molecule has 1 aliphatic heterocycles. The Morgan fingerprint density at radius 2 is 1.97 bits per heavy atom. The van der Waals surface area contributed by atoms with Crippen molar-refractivity contribution in [3.63, 3.8) is 0 Å². The monoisotopic (exact) mass is 409 g/mol. The molecule has 29 heavy (non-hydrogen) atoms. The fourth-order valence-electron chi connectivity index (χ4n) is 2.88. The number of hydrogen-bond donors (Lipinski definition) is 1. The summed E-state index contributed by atoms with van der Waals surface area (Å²) in [6, 6.07) is 10.8. The highest BCUT2D eigenvalue weighted by Gasteiger charge is 2.30. The highest BCUT2D eigenvalue weighted by Crippen LogP contribution is 2.32. The first-order chi connectivity index (χ1) is 14.0. The number of methoxy groups -OCH3 is 1. The van der Waals surface area contributed by atoms with Crippen LogP contribution in [0, 0.1) is 5.82 Å². The summed E-state index contributed by atoms with van der Waals surface area (Å²) in [5.74, 6) is -0.273. The average Bonchev–Trinajstić information content (AvgIpc) is 3.30. The quantitative estimate of drug-likeness (QED) is 0.645. The Hall–Kier alpha value is -3.52. The summed E-state index contributed by atoms with van der Waals surface area (Å²) in [5, 5.41) is 17.6. The van der Waals surface area contributed by atoms with Gasteiger partial charge in [0.15, 0.2) is 11.5 Å². The normalized spacial score (nSPS) is 15.1. The third-order valence-corrected chi connectivity index (χ3v) is 5.21. The number of hydrazone groups is 1. The van der Waals surface area contributed by atoms with Gasteiger partial charge in [0.25, 0.3) is 5.91 Å². The summed E-state index contributed by atoms with van der Waals surface area (Å²) in [6.07, 6.45) is 1.69. The number of hydrogen-bond acceptors (Lipinski definition) is 6. The number of amides is 1. The van der Waals surface area contributed by atoms with Crippen LogP contribution in [0.4, 0.5) is 9.52 Å². The van der Waals surface area contributed by atoms with Gasteiger partial charge >= 0.3 is 0 Å². The van der Waals surface area contributed by atoms with Crippen molar-refractivity contribution >= 4 is 34.2 Å².